The monoisotopic (exact) mass is 572 g/mol. The van der Waals surface area contributed by atoms with E-state index in [9.17, 15) is 35.9 Å². The molecule has 0 spiro atoms. The molecule has 2 amide bonds. The van der Waals surface area contributed by atoms with Crippen molar-refractivity contribution < 1.29 is 40.7 Å². The molecule has 0 bridgehead atoms. The number of ether oxygens (including phenoxy) is 1. The lowest BCUT2D eigenvalue weighted by Gasteiger charge is -2.38. The summed E-state index contributed by atoms with van der Waals surface area (Å²) in [5.74, 6) is -5.08. The highest BCUT2D eigenvalue weighted by Gasteiger charge is 2.57. The van der Waals surface area contributed by atoms with Crippen molar-refractivity contribution in [2.75, 3.05) is 11.9 Å². The molecule has 3 aromatic rings. The Bertz CT molecular complexity index is 1370. The van der Waals surface area contributed by atoms with Gasteiger partial charge in [0, 0.05) is 49.3 Å². The van der Waals surface area contributed by atoms with Gasteiger partial charge in [0.25, 0.3) is 5.91 Å². The number of anilines is 1. The quantitative estimate of drug-likeness (QED) is 0.423. The number of likely N-dealkylation sites (tertiary alicyclic amines) is 1. The maximum Gasteiger partial charge on any atom is 0.400 e. The van der Waals surface area contributed by atoms with Crippen molar-refractivity contribution in [1.29, 1.82) is 0 Å². The minimum absolute atomic E-state index is 0.0913. The lowest BCUT2D eigenvalue weighted by molar-refractivity contribution is -0.285. The lowest BCUT2D eigenvalue weighted by Crippen LogP contribution is -2.49. The summed E-state index contributed by atoms with van der Waals surface area (Å²) in [5, 5.41) is 6.90. The van der Waals surface area contributed by atoms with Crippen LogP contribution in [0.4, 0.5) is 32.0 Å². The van der Waals surface area contributed by atoms with Crippen molar-refractivity contribution in [2.24, 2.45) is 5.92 Å². The number of fused-ring (bicyclic) bond motifs is 1. The van der Waals surface area contributed by atoms with Gasteiger partial charge in [-0.05, 0) is 32.9 Å². The molecule has 0 aliphatic carbocycles. The predicted molar refractivity (Wildman–Crippen MR) is 130 cm³/mol. The van der Waals surface area contributed by atoms with Gasteiger partial charge in [0.2, 0.25) is 5.91 Å². The van der Waals surface area contributed by atoms with Gasteiger partial charge in [-0.2, -0.15) is 31.4 Å². The number of rotatable bonds is 6. The Kier molecular flexibility index (Phi) is 7.94. The Balaban J connectivity index is 1.49. The first-order chi connectivity index (χ1) is 18.6. The molecule has 1 aliphatic heterocycles. The highest BCUT2D eigenvalue weighted by Crippen LogP contribution is 2.42. The van der Waals surface area contributed by atoms with E-state index >= 15 is 0 Å². The SMILES string of the molecule is Cc1ccc(C(=O)Nc2cn3ncnc3c(OC3CCN(C(=O)CC(C(F)(F)F)C(F)(F)F)C(C)C3)c2C)cn1. The van der Waals surface area contributed by atoms with Crippen molar-refractivity contribution in [3.8, 4) is 5.75 Å². The average molecular weight is 573 g/mol. The van der Waals surface area contributed by atoms with Crippen LogP contribution in [0.2, 0.25) is 0 Å². The van der Waals surface area contributed by atoms with Gasteiger partial charge >= 0.3 is 12.4 Å². The van der Waals surface area contributed by atoms with Gasteiger partial charge in [0.1, 0.15) is 12.4 Å². The van der Waals surface area contributed by atoms with E-state index in [0.29, 0.717) is 28.2 Å². The molecule has 0 aromatic carbocycles. The zero-order valence-corrected chi connectivity index (χ0v) is 21.7. The summed E-state index contributed by atoms with van der Waals surface area (Å²) in [5.41, 5.74) is 2.32. The summed E-state index contributed by atoms with van der Waals surface area (Å²) in [6, 6.07) is 2.64. The Morgan fingerprint density at radius 3 is 2.42 bits per heavy atom. The van der Waals surface area contributed by atoms with Gasteiger partial charge in [0.05, 0.1) is 17.4 Å². The first-order valence-corrected chi connectivity index (χ1v) is 12.3. The summed E-state index contributed by atoms with van der Waals surface area (Å²) >= 11 is 0. The van der Waals surface area contributed by atoms with Gasteiger partial charge in [0.15, 0.2) is 17.3 Å². The van der Waals surface area contributed by atoms with Crippen molar-refractivity contribution in [3.05, 3.63) is 47.7 Å². The molecular formula is C25H26F6N6O3. The largest absolute Gasteiger partial charge is 0.486 e. The molecule has 15 heteroatoms. The lowest BCUT2D eigenvalue weighted by atomic mass is 9.97. The highest BCUT2D eigenvalue weighted by molar-refractivity contribution is 6.04. The molecule has 1 aliphatic rings. The molecule has 0 saturated carbocycles. The molecule has 4 heterocycles. The number of pyridine rings is 2. The maximum atomic E-state index is 13.0. The number of piperidine rings is 1. The first-order valence-electron chi connectivity index (χ1n) is 12.3. The summed E-state index contributed by atoms with van der Waals surface area (Å²) in [4.78, 5) is 34.6. The van der Waals surface area contributed by atoms with Crippen molar-refractivity contribution in [1.82, 2.24) is 24.5 Å². The van der Waals surface area contributed by atoms with E-state index in [1.807, 2.05) is 0 Å². The molecular weight excluding hydrogens is 546 g/mol. The normalized spacial score (nSPS) is 18.3. The summed E-state index contributed by atoms with van der Waals surface area (Å²) in [7, 11) is 0. The third kappa shape index (κ3) is 6.28. The van der Waals surface area contributed by atoms with E-state index in [4.69, 9.17) is 4.74 Å². The van der Waals surface area contributed by atoms with Gasteiger partial charge < -0.3 is 15.0 Å². The van der Waals surface area contributed by atoms with Gasteiger partial charge in [-0.1, -0.05) is 0 Å². The molecule has 4 rings (SSSR count). The number of hydrogen-bond acceptors (Lipinski definition) is 6. The molecule has 216 valence electrons. The van der Waals surface area contributed by atoms with Crippen LogP contribution < -0.4 is 10.1 Å². The van der Waals surface area contributed by atoms with E-state index in [-0.39, 0.29) is 19.4 Å². The summed E-state index contributed by atoms with van der Waals surface area (Å²) < 4.78 is 85.3. The standard InChI is InChI=1S/C25H26F6N6O3/c1-13-4-5-16(10-32-13)23(39)35-18-11-37-22(33-12-34-37)21(15(18)3)40-17-6-7-36(14(2)8-17)20(38)9-19(24(26,27)28)25(29,30)31/h4-5,10-12,14,17,19H,6-9H2,1-3H3,(H,35,39). The molecule has 1 saturated heterocycles. The first kappa shape index (κ1) is 29.1. The van der Waals surface area contributed by atoms with Crippen LogP contribution in [0.3, 0.4) is 0 Å². The second kappa shape index (κ2) is 10.9. The maximum absolute atomic E-state index is 13.0. The van der Waals surface area contributed by atoms with Gasteiger partial charge in [-0.25, -0.2) is 9.50 Å². The van der Waals surface area contributed by atoms with Crippen LogP contribution in [-0.2, 0) is 4.79 Å². The number of carbonyl (C=O) groups is 2. The third-order valence-electron chi connectivity index (χ3n) is 6.80. The molecule has 9 nitrogen and oxygen atoms in total. The van der Waals surface area contributed by atoms with Crippen LogP contribution in [0.15, 0.2) is 30.9 Å². The molecule has 1 fully saturated rings. The minimum Gasteiger partial charge on any atom is -0.486 e. The second-order valence-electron chi connectivity index (χ2n) is 9.71. The van der Waals surface area contributed by atoms with E-state index in [0.717, 1.165) is 10.6 Å². The van der Waals surface area contributed by atoms with E-state index in [1.165, 1.54) is 24.0 Å². The Morgan fingerprint density at radius 1 is 1.12 bits per heavy atom. The topological polar surface area (TPSA) is 102 Å². The van der Waals surface area contributed by atoms with Crippen LogP contribution in [-0.4, -0.2) is 67.3 Å². The minimum atomic E-state index is -5.59. The molecule has 2 atom stereocenters. The number of alkyl halides is 6. The Hall–Kier alpha value is -3.91. The number of nitrogens with one attached hydrogen (secondary N) is 1. The van der Waals surface area contributed by atoms with E-state index in [2.05, 4.69) is 20.4 Å². The van der Waals surface area contributed by atoms with Crippen LogP contribution >= 0.6 is 0 Å². The van der Waals surface area contributed by atoms with Crippen LogP contribution in [0.25, 0.3) is 5.65 Å². The Labute approximate surface area is 224 Å². The zero-order chi connectivity index (χ0) is 29.4. The second-order valence-corrected chi connectivity index (χ2v) is 9.71. The number of amides is 2. The van der Waals surface area contributed by atoms with E-state index < -0.39 is 48.7 Å². The number of aryl methyl sites for hydroxylation is 1. The third-order valence-corrected chi connectivity index (χ3v) is 6.80. The van der Waals surface area contributed by atoms with E-state index in [1.54, 1.807) is 32.2 Å². The number of carbonyl (C=O) groups excluding carboxylic acids is 2. The fourth-order valence-electron chi connectivity index (χ4n) is 4.56. The summed E-state index contributed by atoms with van der Waals surface area (Å²) in [6.07, 6.45) is -8.82. The van der Waals surface area contributed by atoms with Crippen LogP contribution in [0.1, 0.15) is 47.8 Å². The summed E-state index contributed by atoms with van der Waals surface area (Å²) in [6.45, 7) is 4.93. The number of halogens is 6. The number of hydrogen-bond donors (Lipinski definition) is 1. The van der Waals surface area contributed by atoms with Gasteiger partial charge in [-0.3, -0.25) is 14.6 Å². The number of aromatic nitrogens is 4. The highest BCUT2D eigenvalue weighted by atomic mass is 19.4. The average Bonchev–Trinajstić information content (AvgIpc) is 3.32. The van der Waals surface area contributed by atoms with Gasteiger partial charge in [-0.15, -0.1) is 0 Å². The molecule has 2 unspecified atom stereocenters. The fraction of sp³-hybridized carbons (Fsp3) is 0.480. The van der Waals surface area contributed by atoms with Crippen molar-refractivity contribution >= 4 is 23.1 Å². The number of nitrogens with zero attached hydrogens (tertiary/aromatic N) is 5. The molecule has 3 aromatic heterocycles. The molecule has 0 radical (unpaired) electrons. The molecule has 1 N–H and O–H groups in total. The van der Waals surface area contributed by atoms with Crippen LogP contribution in [0.5, 0.6) is 5.75 Å². The van der Waals surface area contributed by atoms with Crippen molar-refractivity contribution in [2.45, 2.75) is 64.5 Å². The van der Waals surface area contributed by atoms with Crippen molar-refractivity contribution in [3.63, 3.8) is 0 Å². The Morgan fingerprint density at radius 2 is 1.82 bits per heavy atom. The van der Waals surface area contributed by atoms with Crippen LogP contribution in [0, 0.1) is 19.8 Å². The molecule has 40 heavy (non-hydrogen) atoms. The smallest absolute Gasteiger partial charge is 0.400 e. The predicted octanol–water partition coefficient (Wildman–Crippen LogP) is 4.88. The fourth-order valence-corrected chi connectivity index (χ4v) is 4.56. The zero-order valence-electron chi connectivity index (χ0n) is 21.7.